The molecule has 0 fully saturated rings. The van der Waals surface area contributed by atoms with Gasteiger partial charge in [-0.1, -0.05) is 32.7 Å². The summed E-state index contributed by atoms with van der Waals surface area (Å²) in [5.41, 5.74) is 0.759. The van der Waals surface area contributed by atoms with Crippen LogP contribution in [0.1, 0.15) is 10.7 Å². The number of nitrogens with zero attached hydrogens (tertiary/aromatic N) is 2. The Bertz CT molecular complexity index is 816. The summed E-state index contributed by atoms with van der Waals surface area (Å²) in [6, 6.07) is 14.1. The van der Waals surface area contributed by atoms with Gasteiger partial charge >= 0.3 is 0 Å². The second-order valence-corrected chi connectivity index (χ2v) is 5.95. The minimum atomic E-state index is -0.393. The molecule has 23 heavy (non-hydrogen) atoms. The third kappa shape index (κ3) is 3.97. The largest absolute Gasteiger partial charge is 0.485 e. The smallest absolute Gasteiger partial charge is 0.298 e. The molecule has 0 radical (unpaired) electrons. The highest BCUT2D eigenvalue weighted by atomic mass is 79.9. The van der Waals surface area contributed by atoms with Crippen LogP contribution in [-0.2, 0) is 0 Å². The predicted octanol–water partition coefficient (Wildman–Crippen LogP) is 4.41. The van der Waals surface area contributed by atoms with Gasteiger partial charge in [0.2, 0.25) is 5.82 Å². The van der Waals surface area contributed by atoms with Crippen LogP contribution in [0.25, 0.3) is 11.4 Å². The van der Waals surface area contributed by atoms with Crippen molar-refractivity contribution in [1.29, 1.82) is 0 Å². The van der Waals surface area contributed by atoms with Crippen LogP contribution in [-0.4, -0.2) is 22.5 Å². The monoisotopic (exact) mass is 392 g/mol. The molecule has 2 aromatic carbocycles. The van der Waals surface area contributed by atoms with E-state index in [-0.39, 0.29) is 12.5 Å². The molecule has 3 rings (SSSR count). The number of halogens is 2. The van der Waals surface area contributed by atoms with Crippen molar-refractivity contribution in [1.82, 2.24) is 10.1 Å². The number of Topliss-reactive ketones (excluding diaryl/α,β-unsaturated/α-hetero) is 1. The average molecular weight is 394 g/mol. The molecule has 0 amide bonds. The molecule has 1 aromatic heterocycles. The minimum Gasteiger partial charge on any atom is -0.485 e. The molecular weight excluding hydrogens is 384 g/mol. The number of hydrogen-bond donors (Lipinski definition) is 0. The van der Waals surface area contributed by atoms with Crippen LogP contribution in [0.15, 0.2) is 57.5 Å². The number of benzene rings is 2. The average Bonchev–Trinajstić information content (AvgIpc) is 3.05. The summed E-state index contributed by atoms with van der Waals surface area (Å²) >= 11 is 9.13. The van der Waals surface area contributed by atoms with Crippen LogP contribution in [0.3, 0.4) is 0 Å². The van der Waals surface area contributed by atoms with E-state index in [4.69, 9.17) is 20.9 Å². The van der Waals surface area contributed by atoms with Crippen molar-refractivity contribution in [3.8, 4) is 17.1 Å². The highest BCUT2D eigenvalue weighted by Crippen LogP contribution is 2.19. The Labute approximate surface area is 145 Å². The first-order chi connectivity index (χ1) is 11.1. The van der Waals surface area contributed by atoms with Crippen molar-refractivity contribution < 1.29 is 14.1 Å². The molecule has 0 unspecified atom stereocenters. The summed E-state index contributed by atoms with van der Waals surface area (Å²) in [6.45, 7) is -0.191. The maximum Gasteiger partial charge on any atom is 0.298 e. The van der Waals surface area contributed by atoms with Gasteiger partial charge in [0.15, 0.2) is 6.61 Å². The van der Waals surface area contributed by atoms with Crippen molar-refractivity contribution in [2.24, 2.45) is 0 Å². The van der Waals surface area contributed by atoms with Crippen LogP contribution in [0.4, 0.5) is 0 Å². The molecule has 0 aliphatic rings. The second kappa shape index (κ2) is 6.93. The van der Waals surface area contributed by atoms with E-state index in [1.165, 1.54) is 0 Å². The number of ketones is 1. The Kier molecular flexibility index (Phi) is 4.73. The quantitative estimate of drug-likeness (QED) is 0.601. The van der Waals surface area contributed by atoms with Crippen LogP contribution < -0.4 is 4.74 Å². The van der Waals surface area contributed by atoms with Crippen molar-refractivity contribution >= 4 is 33.3 Å². The first kappa shape index (κ1) is 15.7. The molecule has 0 saturated heterocycles. The van der Waals surface area contributed by atoms with E-state index < -0.39 is 5.78 Å². The van der Waals surface area contributed by atoms with Gasteiger partial charge in [-0.05, 0) is 48.5 Å². The molecule has 0 aliphatic heterocycles. The van der Waals surface area contributed by atoms with E-state index in [2.05, 4.69) is 26.1 Å². The maximum atomic E-state index is 12.0. The summed E-state index contributed by atoms with van der Waals surface area (Å²) in [5.74, 6) is 0.412. The van der Waals surface area contributed by atoms with Gasteiger partial charge in [0.1, 0.15) is 5.75 Å². The fourth-order valence-corrected chi connectivity index (χ4v) is 2.18. The van der Waals surface area contributed by atoms with Gasteiger partial charge in [0, 0.05) is 15.1 Å². The van der Waals surface area contributed by atoms with E-state index in [9.17, 15) is 4.79 Å². The molecular formula is C16H10BrClN2O3. The Morgan fingerprint density at radius 1 is 1.13 bits per heavy atom. The third-order valence-electron chi connectivity index (χ3n) is 2.95. The fraction of sp³-hybridized carbons (Fsp3) is 0.0625. The zero-order valence-electron chi connectivity index (χ0n) is 11.7. The SMILES string of the molecule is O=C(COc1ccc(Cl)cc1)c1nc(-c2ccc(Br)cc2)no1. The summed E-state index contributed by atoms with van der Waals surface area (Å²) in [4.78, 5) is 16.1. The van der Waals surface area contributed by atoms with Crippen LogP contribution in [0.5, 0.6) is 5.75 Å². The summed E-state index contributed by atoms with van der Waals surface area (Å²) < 4.78 is 11.3. The molecule has 0 saturated carbocycles. The number of rotatable bonds is 5. The topological polar surface area (TPSA) is 65.2 Å². The number of carbonyl (C=O) groups is 1. The second-order valence-electron chi connectivity index (χ2n) is 4.60. The van der Waals surface area contributed by atoms with Crippen LogP contribution >= 0.6 is 27.5 Å². The normalized spacial score (nSPS) is 10.5. The lowest BCUT2D eigenvalue weighted by Crippen LogP contribution is -2.11. The van der Waals surface area contributed by atoms with E-state index >= 15 is 0 Å². The molecule has 7 heteroatoms. The van der Waals surface area contributed by atoms with Crippen molar-refractivity contribution in [3.05, 3.63) is 63.9 Å². The van der Waals surface area contributed by atoms with Crippen LogP contribution in [0, 0.1) is 0 Å². The number of ether oxygens (including phenoxy) is 1. The molecule has 5 nitrogen and oxygen atoms in total. The Morgan fingerprint density at radius 3 is 2.52 bits per heavy atom. The lowest BCUT2D eigenvalue weighted by molar-refractivity contribution is 0.0877. The zero-order chi connectivity index (χ0) is 16.2. The van der Waals surface area contributed by atoms with E-state index in [1.54, 1.807) is 24.3 Å². The van der Waals surface area contributed by atoms with Gasteiger partial charge in [-0.2, -0.15) is 4.98 Å². The van der Waals surface area contributed by atoms with E-state index in [0.29, 0.717) is 16.6 Å². The number of aromatic nitrogens is 2. The Hall–Kier alpha value is -2.18. The van der Waals surface area contributed by atoms with Gasteiger partial charge in [-0.25, -0.2) is 0 Å². The van der Waals surface area contributed by atoms with Gasteiger partial charge in [0.25, 0.3) is 11.7 Å². The minimum absolute atomic E-state index is 0.0862. The number of hydrogen-bond acceptors (Lipinski definition) is 5. The van der Waals surface area contributed by atoms with E-state index in [0.717, 1.165) is 10.0 Å². The third-order valence-corrected chi connectivity index (χ3v) is 3.73. The van der Waals surface area contributed by atoms with Gasteiger partial charge in [-0.3, -0.25) is 4.79 Å². The molecule has 0 bridgehead atoms. The predicted molar refractivity (Wildman–Crippen MR) is 88.7 cm³/mol. The Morgan fingerprint density at radius 2 is 1.83 bits per heavy atom. The fourth-order valence-electron chi connectivity index (χ4n) is 1.79. The highest BCUT2D eigenvalue weighted by molar-refractivity contribution is 9.10. The molecule has 0 spiro atoms. The van der Waals surface area contributed by atoms with E-state index in [1.807, 2.05) is 24.3 Å². The summed E-state index contributed by atoms with van der Waals surface area (Å²) in [6.07, 6.45) is 0. The Balaban J connectivity index is 1.66. The molecule has 0 aliphatic carbocycles. The molecule has 0 atom stereocenters. The molecule has 0 N–H and O–H groups in total. The first-order valence-electron chi connectivity index (χ1n) is 6.63. The lowest BCUT2D eigenvalue weighted by Gasteiger charge is -2.02. The van der Waals surface area contributed by atoms with Crippen molar-refractivity contribution in [3.63, 3.8) is 0 Å². The van der Waals surface area contributed by atoms with Crippen molar-refractivity contribution in [2.75, 3.05) is 6.61 Å². The standard InChI is InChI=1S/C16H10BrClN2O3/c17-11-3-1-10(2-4-11)15-19-16(23-20-15)14(21)9-22-13-7-5-12(18)6-8-13/h1-8H,9H2. The molecule has 1 heterocycles. The van der Waals surface area contributed by atoms with Gasteiger partial charge in [-0.15, -0.1) is 0 Å². The summed E-state index contributed by atoms with van der Waals surface area (Å²) in [5, 5.41) is 4.41. The van der Waals surface area contributed by atoms with Crippen molar-refractivity contribution in [2.45, 2.75) is 0 Å². The highest BCUT2D eigenvalue weighted by Gasteiger charge is 2.16. The zero-order valence-corrected chi connectivity index (χ0v) is 14.0. The molecule has 116 valence electrons. The van der Waals surface area contributed by atoms with Gasteiger partial charge in [0.05, 0.1) is 0 Å². The first-order valence-corrected chi connectivity index (χ1v) is 7.80. The van der Waals surface area contributed by atoms with Crippen LogP contribution in [0.2, 0.25) is 5.02 Å². The summed E-state index contributed by atoms with van der Waals surface area (Å²) in [7, 11) is 0. The maximum absolute atomic E-state index is 12.0. The number of carbonyl (C=O) groups excluding carboxylic acids is 1. The van der Waals surface area contributed by atoms with Gasteiger partial charge < -0.3 is 9.26 Å². The molecule has 3 aromatic rings. The lowest BCUT2D eigenvalue weighted by atomic mass is 10.2.